The molecule has 1 heterocycles. The minimum atomic E-state index is 0.569. The predicted molar refractivity (Wildman–Crippen MR) is 71.2 cm³/mol. The molecule has 0 fully saturated rings. The Morgan fingerprint density at radius 2 is 2.31 bits per heavy atom. The molecule has 2 rings (SSSR count). The Labute approximate surface area is 98.4 Å². The standard InChI is InChI=1S/C14H22N2/c1-3-5-11(2)16-13-7-8-14-12(10-13)6-4-9-15-14/h7-8,10-11,15-16H,3-6,9H2,1-2H3. The molecule has 2 heteroatoms. The van der Waals surface area contributed by atoms with Gasteiger partial charge in [0.1, 0.15) is 0 Å². The van der Waals surface area contributed by atoms with Gasteiger partial charge in [-0.2, -0.15) is 0 Å². The van der Waals surface area contributed by atoms with Gasteiger partial charge in [0.05, 0.1) is 0 Å². The Hall–Kier alpha value is -1.18. The second kappa shape index (κ2) is 5.24. The minimum absolute atomic E-state index is 0.569. The van der Waals surface area contributed by atoms with Crippen molar-refractivity contribution in [1.82, 2.24) is 0 Å². The first-order valence-electron chi connectivity index (χ1n) is 6.43. The van der Waals surface area contributed by atoms with Gasteiger partial charge >= 0.3 is 0 Å². The van der Waals surface area contributed by atoms with E-state index >= 15 is 0 Å². The average molecular weight is 218 g/mol. The van der Waals surface area contributed by atoms with E-state index in [-0.39, 0.29) is 0 Å². The van der Waals surface area contributed by atoms with Gasteiger partial charge in [-0.1, -0.05) is 13.3 Å². The molecular weight excluding hydrogens is 196 g/mol. The molecule has 1 aromatic rings. The van der Waals surface area contributed by atoms with Crippen molar-refractivity contribution < 1.29 is 0 Å². The summed E-state index contributed by atoms with van der Waals surface area (Å²) in [6, 6.07) is 7.26. The lowest BCUT2D eigenvalue weighted by molar-refractivity contribution is 0.690. The van der Waals surface area contributed by atoms with Gasteiger partial charge in [-0.05, 0) is 49.9 Å². The Morgan fingerprint density at radius 3 is 3.12 bits per heavy atom. The van der Waals surface area contributed by atoms with Crippen LogP contribution >= 0.6 is 0 Å². The molecule has 0 saturated carbocycles. The fourth-order valence-electron chi connectivity index (χ4n) is 2.35. The average Bonchev–Trinajstić information content (AvgIpc) is 2.29. The quantitative estimate of drug-likeness (QED) is 0.806. The van der Waals surface area contributed by atoms with Crippen molar-refractivity contribution >= 4 is 11.4 Å². The van der Waals surface area contributed by atoms with Crippen LogP contribution in [0.25, 0.3) is 0 Å². The monoisotopic (exact) mass is 218 g/mol. The van der Waals surface area contributed by atoms with Crippen LogP contribution in [0.3, 0.4) is 0 Å². The van der Waals surface area contributed by atoms with E-state index in [1.807, 2.05) is 0 Å². The van der Waals surface area contributed by atoms with Crippen LogP contribution in [0.2, 0.25) is 0 Å². The fraction of sp³-hybridized carbons (Fsp3) is 0.571. The lowest BCUT2D eigenvalue weighted by Gasteiger charge is -2.20. The summed E-state index contributed by atoms with van der Waals surface area (Å²) in [4.78, 5) is 0. The zero-order valence-corrected chi connectivity index (χ0v) is 10.3. The third-order valence-corrected chi connectivity index (χ3v) is 3.18. The molecule has 0 bridgehead atoms. The highest BCUT2D eigenvalue weighted by Gasteiger charge is 2.09. The SMILES string of the molecule is CCCC(C)Nc1ccc2c(c1)CCCN2. The maximum Gasteiger partial charge on any atom is 0.0374 e. The maximum atomic E-state index is 3.57. The van der Waals surface area contributed by atoms with Gasteiger partial charge in [0.2, 0.25) is 0 Å². The summed E-state index contributed by atoms with van der Waals surface area (Å²) in [6.07, 6.45) is 4.93. The van der Waals surface area contributed by atoms with Gasteiger partial charge in [-0.25, -0.2) is 0 Å². The van der Waals surface area contributed by atoms with Crippen LogP contribution in [0.4, 0.5) is 11.4 Å². The normalized spacial score (nSPS) is 16.1. The molecule has 1 unspecified atom stereocenters. The summed E-state index contributed by atoms with van der Waals surface area (Å²) < 4.78 is 0. The van der Waals surface area contributed by atoms with Gasteiger partial charge in [-0.15, -0.1) is 0 Å². The van der Waals surface area contributed by atoms with E-state index in [1.54, 1.807) is 0 Å². The Balaban J connectivity index is 2.05. The molecule has 16 heavy (non-hydrogen) atoms. The van der Waals surface area contributed by atoms with E-state index in [0.29, 0.717) is 6.04 Å². The molecule has 1 atom stereocenters. The Bertz CT molecular complexity index is 347. The number of benzene rings is 1. The lowest BCUT2D eigenvalue weighted by atomic mass is 10.0. The Morgan fingerprint density at radius 1 is 1.44 bits per heavy atom. The summed E-state index contributed by atoms with van der Waals surface area (Å²) in [5.41, 5.74) is 4.04. The van der Waals surface area contributed by atoms with Crippen LogP contribution in [0.15, 0.2) is 18.2 Å². The first kappa shape index (κ1) is 11.3. The molecule has 1 aromatic carbocycles. The molecule has 2 N–H and O–H groups in total. The number of aryl methyl sites for hydroxylation is 1. The van der Waals surface area contributed by atoms with Gasteiger partial charge in [0.25, 0.3) is 0 Å². The zero-order chi connectivity index (χ0) is 11.4. The third kappa shape index (κ3) is 2.69. The maximum absolute atomic E-state index is 3.57. The van der Waals surface area contributed by atoms with Crippen molar-refractivity contribution in [2.45, 2.75) is 45.6 Å². The van der Waals surface area contributed by atoms with Crippen LogP contribution in [0, 0.1) is 0 Å². The second-order valence-electron chi connectivity index (χ2n) is 4.74. The summed E-state index contributed by atoms with van der Waals surface area (Å²) in [7, 11) is 0. The van der Waals surface area contributed by atoms with Crippen molar-refractivity contribution in [1.29, 1.82) is 0 Å². The van der Waals surface area contributed by atoms with E-state index in [2.05, 4.69) is 42.7 Å². The van der Waals surface area contributed by atoms with Crippen molar-refractivity contribution in [2.24, 2.45) is 0 Å². The van der Waals surface area contributed by atoms with Crippen LogP contribution < -0.4 is 10.6 Å². The van der Waals surface area contributed by atoms with Gasteiger partial charge in [0, 0.05) is 24.0 Å². The molecule has 0 spiro atoms. The highest BCUT2D eigenvalue weighted by molar-refractivity contribution is 5.61. The first-order valence-corrected chi connectivity index (χ1v) is 6.43. The van der Waals surface area contributed by atoms with E-state index in [0.717, 1.165) is 6.54 Å². The zero-order valence-electron chi connectivity index (χ0n) is 10.3. The molecular formula is C14H22N2. The summed E-state index contributed by atoms with van der Waals surface area (Å²) in [5, 5.41) is 7.01. The molecule has 0 saturated heterocycles. The number of nitrogens with one attached hydrogen (secondary N) is 2. The fourth-order valence-corrected chi connectivity index (χ4v) is 2.35. The van der Waals surface area contributed by atoms with E-state index in [1.165, 1.54) is 42.6 Å². The van der Waals surface area contributed by atoms with Crippen molar-refractivity contribution in [3.05, 3.63) is 23.8 Å². The van der Waals surface area contributed by atoms with E-state index in [4.69, 9.17) is 0 Å². The van der Waals surface area contributed by atoms with E-state index in [9.17, 15) is 0 Å². The molecule has 88 valence electrons. The van der Waals surface area contributed by atoms with Crippen molar-refractivity contribution in [2.75, 3.05) is 17.2 Å². The molecule has 0 radical (unpaired) electrons. The van der Waals surface area contributed by atoms with Crippen LogP contribution in [-0.2, 0) is 6.42 Å². The Kier molecular flexibility index (Phi) is 3.70. The number of anilines is 2. The smallest absolute Gasteiger partial charge is 0.0374 e. The summed E-state index contributed by atoms with van der Waals surface area (Å²) in [5.74, 6) is 0. The highest BCUT2D eigenvalue weighted by atomic mass is 14.9. The molecule has 0 aromatic heterocycles. The van der Waals surface area contributed by atoms with Gasteiger partial charge in [0.15, 0.2) is 0 Å². The number of hydrogen-bond donors (Lipinski definition) is 2. The molecule has 0 aliphatic carbocycles. The summed E-state index contributed by atoms with van der Waals surface area (Å²) >= 11 is 0. The predicted octanol–water partition coefficient (Wildman–Crippen LogP) is 3.65. The third-order valence-electron chi connectivity index (χ3n) is 3.18. The topological polar surface area (TPSA) is 24.1 Å². The van der Waals surface area contributed by atoms with E-state index < -0.39 is 0 Å². The highest BCUT2D eigenvalue weighted by Crippen LogP contribution is 2.25. The van der Waals surface area contributed by atoms with Crippen LogP contribution in [0.1, 0.15) is 38.7 Å². The molecule has 0 amide bonds. The number of hydrogen-bond acceptors (Lipinski definition) is 2. The van der Waals surface area contributed by atoms with Crippen molar-refractivity contribution in [3.63, 3.8) is 0 Å². The van der Waals surface area contributed by atoms with Gasteiger partial charge in [-0.3, -0.25) is 0 Å². The number of fused-ring (bicyclic) bond motifs is 1. The molecule has 1 aliphatic rings. The van der Waals surface area contributed by atoms with Crippen LogP contribution in [0.5, 0.6) is 0 Å². The summed E-state index contributed by atoms with van der Waals surface area (Å²) in [6.45, 7) is 5.60. The minimum Gasteiger partial charge on any atom is -0.385 e. The largest absolute Gasteiger partial charge is 0.385 e. The molecule has 2 nitrogen and oxygen atoms in total. The molecule has 1 aliphatic heterocycles. The lowest BCUT2D eigenvalue weighted by Crippen LogP contribution is -2.16. The number of rotatable bonds is 4. The van der Waals surface area contributed by atoms with Gasteiger partial charge < -0.3 is 10.6 Å². The van der Waals surface area contributed by atoms with Crippen LogP contribution in [-0.4, -0.2) is 12.6 Å². The first-order chi connectivity index (χ1) is 7.79. The van der Waals surface area contributed by atoms with Crippen molar-refractivity contribution in [3.8, 4) is 0 Å². The second-order valence-corrected chi connectivity index (χ2v) is 4.74.